The highest BCUT2D eigenvalue weighted by Crippen LogP contribution is 2.11. The van der Waals surface area contributed by atoms with E-state index >= 15 is 0 Å². The number of carbonyl (C=O) groups excluding carboxylic acids is 2. The van der Waals surface area contributed by atoms with Gasteiger partial charge in [-0.15, -0.1) is 0 Å². The third-order valence-electron chi connectivity index (χ3n) is 3.57. The molecule has 0 spiro atoms. The van der Waals surface area contributed by atoms with Gasteiger partial charge >= 0.3 is 0 Å². The molecule has 0 atom stereocenters. The van der Waals surface area contributed by atoms with Crippen LogP contribution < -0.4 is 10.6 Å². The van der Waals surface area contributed by atoms with Crippen LogP contribution in [-0.2, 0) is 4.79 Å². The molecule has 0 aliphatic heterocycles. The second-order valence-electron chi connectivity index (χ2n) is 5.64. The molecule has 2 aromatic rings. The first-order valence-electron chi connectivity index (χ1n) is 8.49. The number of benzene rings is 2. The standard InChI is InChI=1S/C21H21BrN2O3/c22-18-12-10-17(11-13-18)20(26)24-19(21(27)23-14-5-15-25)9-4-8-16-6-2-1-3-7-16/h1-4,6-13,25H,5,14-15H2,(H,23,27)(H,24,26). The highest BCUT2D eigenvalue weighted by molar-refractivity contribution is 9.10. The fraction of sp³-hybridized carbons (Fsp3) is 0.143. The van der Waals surface area contributed by atoms with Gasteiger partial charge in [0.25, 0.3) is 11.8 Å². The van der Waals surface area contributed by atoms with Crippen molar-refractivity contribution in [1.29, 1.82) is 0 Å². The Bertz CT molecular complexity index is 815. The van der Waals surface area contributed by atoms with E-state index in [1.807, 2.05) is 36.4 Å². The lowest BCUT2D eigenvalue weighted by atomic mass is 10.2. The highest BCUT2D eigenvalue weighted by Gasteiger charge is 2.13. The maximum atomic E-state index is 12.4. The first kappa shape index (κ1) is 20.6. The fourth-order valence-electron chi connectivity index (χ4n) is 2.17. The summed E-state index contributed by atoms with van der Waals surface area (Å²) < 4.78 is 0.863. The molecular weight excluding hydrogens is 408 g/mol. The number of rotatable bonds is 8. The molecule has 0 bridgehead atoms. The predicted molar refractivity (Wildman–Crippen MR) is 110 cm³/mol. The number of aliphatic hydroxyl groups excluding tert-OH is 1. The van der Waals surface area contributed by atoms with Crippen LogP contribution in [0.4, 0.5) is 0 Å². The van der Waals surface area contributed by atoms with Crippen molar-refractivity contribution >= 4 is 33.8 Å². The molecule has 2 amide bonds. The molecule has 0 saturated carbocycles. The number of hydrogen-bond acceptors (Lipinski definition) is 3. The SMILES string of the molecule is O=C(NCCCO)C(=CC=Cc1ccccc1)NC(=O)c1ccc(Br)cc1. The molecule has 0 fully saturated rings. The summed E-state index contributed by atoms with van der Waals surface area (Å²) in [5.41, 5.74) is 1.56. The summed E-state index contributed by atoms with van der Waals surface area (Å²) in [5, 5.41) is 14.2. The molecule has 3 N–H and O–H groups in total. The van der Waals surface area contributed by atoms with Gasteiger partial charge < -0.3 is 15.7 Å². The maximum Gasteiger partial charge on any atom is 0.267 e. The third-order valence-corrected chi connectivity index (χ3v) is 4.10. The molecule has 0 radical (unpaired) electrons. The Kier molecular flexibility index (Phi) is 8.48. The minimum atomic E-state index is -0.411. The third kappa shape index (κ3) is 7.21. The molecule has 0 unspecified atom stereocenters. The topological polar surface area (TPSA) is 78.4 Å². The van der Waals surface area contributed by atoms with Crippen molar-refractivity contribution in [3.63, 3.8) is 0 Å². The smallest absolute Gasteiger partial charge is 0.267 e. The lowest BCUT2D eigenvalue weighted by Gasteiger charge is -2.10. The van der Waals surface area contributed by atoms with Gasteiger partial charge in [0.1, 0.15) is 5.70 Å². The molecule has 2 rings (SSSR count). The van der Waals surface area contributed by atoms with Crippen LogP contribution in [0, 0.1) is 0 Å². The normalized spacial score (nSPS) is 11.4. The van der Waals surface area contributed by atoms with E-state index in [1.165, 1.54) is 0 Å². The molecule has 0 aromatic heterocycles. The maximum absolute atomic E-state index is 12.4. The van der Waals surface area contributed by atoms with E-state index in [1.54, 1.807) is 36.4 Å². The second kappa shape index (κ2) is 11.1. The zero-order valence-electron chi connectivity index (χ0n) is 14.7. The minimum Gasteiger partial charge on any atom is -0.396 e. The minimum absolute atomic E-state index is 0.0154. The Morgan fingerprint density at radius 2 is 1.74 bits per heavy atom. The molecule has 0 aliphatic rings. The number of carbonyl (C=O) groups is 2. The monoisotopic (exact) mass is 428 g/mol. The van der Waals surface area contributed by atoms with Crippen LogP contribution in [0.25, 0.3) is 6.08 Å². The average Bonchev–Trinajstić information content (AvgIpc) is 2.68. The van der Waals surface area contributed by atoms with Crippen LogP contribution in [-0.4, -0.2) is 30.1 Å². The predicted octanol–water partition coefficient (Wildman–Crippen LogP) is 3.27. The van der Waals surface area contributed by atoms with Crippen molar-refractivity contribution in [3.05, 3.63) is 88.0 Å². The zero-order chi connectivity index (χ0) is 19.5. The van der Waals surface area contributed by atoms with Crippen LogP contribution >= 0.6 is 15.9 Å². The van der Waals surface area contributed by atoms with Gasteiger partial charge in [-0.05, 0) is 42.3 Å². The summed E-state index contributed by atoms with van der Waals surface area (Å²) in [6.45, 7) is 0.307. The van der Waals surface area contributed by atoms with E-state index in [0.29, 0.717) is 18.5 Å². The molecule has 27 heavy (non-hydrogen) atoms. The van der Waals surface area contributed by atoms with Gasteiger partial charge in [-0.3, -0.25) is 9.59 Å². The quantitative estimate of drug-likeness (QED) is 0.343. The van der Waals surface area contributed by atoms with Gasteiger partial charge in [0.05, 0.1) is 0 Å². The van der Waals surface area contributed by atoms with Crippen LogP contribution in [0.1, 0.15) is 22.3 Å². The average molecular weight is 429 g/mol. The fourth-order valence-corrected chi connectivity index (χ4v) is 2.43. The van der Waals surface area contributed by atoms with E-state index in [4.69, 9.17) is 5.11 Å². The Morgan fingerprint density at radius 1 is 1.04 bits per heavy atom. The summed E-state index contributed by atoms with van der Waals surface area (Å²) in [5.74, 6) is -0.786. The molecule has 0 heterocycles. The Balaban J connectivity index is 2.14. The first-order chi connectivity index (χ1) is 13.1. The second-order valence-corrected chi connectivity index (χ2v) is 6.56. The summed E-state index contributed by atoms with van der Waals surface area (Å²) in [6.07, 6.45) is 5.54. The lowest BCUT2D eigenvalue weighted by Crippen LogP contribution is -2.35. The largest absolute Gasteiger partial charge is 0.396 e. The summed E-state index contributed by atoms with van der Waals surface area (Å²) >= 11 is 3.32. The molecule has 2 aromatic carbocycles. The Morgan fingerprint density at radius 3 is 2.41 bits per heavy atom. The molecular formula is C21H21BrN2O3. The van der Waals surface area contributed by atoms with E-state index in [0.717, 1.165) is 10.0 Å². The number of nitrogens with one attached hydrogen (secondary N) is 2. The molecule has 6 heteroatoms. The van der Waals surface area contributed by atoms with E-state index in [2.05, 4.69) is 26.6 Å². The number of allylic oxidation sites excluding steroid dienone is 2. The number of aliphatic hydroxyl groups is 1. The number of hydrogen-bond donors (Lipinski definition) is 3. The van der Waals surface area contributed by atoms with E-state index in [-0.39, 0.29) is 18.2 Å². The number of halogens is 1. The molecule has 5 nitrogen and oxygen atoms in total. The Hall–Kier alpha value is -2.70. The van der Waals surface area contributed by atoms with E-state index in [9.17, 15) is 9.59 Å². The van der Waals surface area contributed by atoms with Gasteiger partial charge in [-0.2, -0.15) is 0 Å². The van der Waals surface area contributed by atoms with Gasteiger partial charge in [-0.1, -0.05) is 58.4 Å². The van der Waals surface area contributed by atoms with Crippen LogP contribution in [0.3, 0.4) is 0 Å². The van der Waals surface area contributed by atoms with Crippen molar-refractivity contribution in [2.45, 2.75) is 6.42 Å². The summed E-state index contributed by atoms with van der Waals surface area (Å²) in [6, 6.07) is 16.5. The van der Waals surface area contributed by atoms with Crippen molar-refractivity contribution in [1.82, 2.24) is 10.6 Å². The zero-order valence-corrected chi connectivity index (χ0v) is 16.3. The molecule has 0 saturated heterocycles. The van der Waals surface area contributed by atoms with Crippen molar-refractivity contribution in [2.75, 3.05) is 13.2 Å². The van der Waals surface area contributed by atoms with Crippen molar-refractivity contribution < 1.29 is 14.7 Å². The van der Waals surface area contributed by atoms with Crippen molar-refractivity contribution in [2.24, 2.45) is 0 Å². The van der Waals surface area contributed by atoms with Gasteiger partial charge in [0, 0.05) is 23.2 Å². The van der Waals surface area contributed by atoms with Crippen LogP contribution in [0.2, 0.25) is 0 Å². The molecule has 0 aliphatic carbocycles. The van der Waals surface area contributed by atoms with Crippen LogP contribution in [0.15, 0.2) is 76.9 Å². The van der Waals surface area contributed by atoms with Gasteiger partial charge in [-0.25, -0.2) is 0 Å². The van der Waals surface area contributed by atoms with Gasteiger partial charge in [0.2, 0.25) is 0 Å². The van der Waals surface area contributed by atoms with Crippen molar-refractivity contribution in [3.8, 4) is 0 Å². The lowest BCUT2D eigenvalue weighted by molar-refractivity contribution is -0.117. The summed E-state index contributed by atoms with van der Waals surface area (Å²) in [7, 11) is 0. The number of amides is 2. The first-order valence-corrected chi connectivity index (χ1v) is 9.29. The highest BCUT2D eigenvalue weighted by atomic mass is 79.9. The van der Waals surface area contributed by atoms with Crippen LogP contribution in [0.5, 0.6) is 0 Å². The van der Waals surface area contributed by atoms with Gasteiger partial charge in [0.15, 0.2) is 0 Å². The Labute approximate surface area is 166 Å². The molecule has 140 valence electrons. The van der Waals surface area contributed by atoms with E-state index < -0.39 is 5.91 Å². The summed E-state index contributed by atoms with van der Waals surface area (Å²) in [4.78, 5) is 24.8.